The highest BCUT2D eigenvalue weighted by atomic mass is 16.3. The van der Waals surface area contributed by atoms with Crippen molar-refractivity contribution in [2.45, 2.75) is 13.0 Å². The van der Waals surface area contributed by atoms with E-state index in [0.717, 1.165) is 11.1 Å². The molecule has 0 saturated heterocycles. The first-order chi connectivity index (χ1) is 8.20. The summed E-state index contributed by atoms with van der Waals surface area (Å²) in [5.41, 5.74) is 7.77. The molecule has 1 heterocycles. The van der Waals surface area contributed by atoms with Gasteiger partial charge in [-0.15, -0.1) is 0 Å². The number of benzene rings is 1. The normalized spacial score (nSPS) is 10.6. The van der Waals surface area contributed by atoms with Crippen molar-refractivity contribution in [2.24, 2.45) is 0 Å². The van der Waals surface area contributed by atoms with Gasteiger partial charge in [-0.05, 0) is 17.7 Å². The largest absolute Gasteiger partial charge is 0.508 e. The van der Waals surface area contributed by atoms with Crippen LogP contribution in [0.5, 0.6) is 5.75 Å². The van der Waals surface area contributed by atoms with E-state index in [4.69, 9.17) is 10.8 Å². The molecule has 17 heavy (non-hydrogen) atoms. The molecule has 5 heteroatoms. The first kappa shape index (κ1) is 11.5. The van der Waals surface area contributed by atoms with Crippen molar-refractivity contribution < 1.29 is 10.2 Å². The van der Waals surface area contributed by atoms with Gasteiger partial charge in [0.2, 0.25) is 0 Å². The van der Waals surface area contributed by atoms with Gasteiger partial charge in [-0.25, -0.2) is 4.68 Å². The van der Waals surface area contributed by atoms with Crippen molar-refractivity contribution in [3.8, 4) is 5.75 Å². The van der Waals surface area contributed by atoms with E-state index < -0.39 is 0 Å². The smallest absolute Gasteiger partial charge is 0.125 e. The number of phenolic OH excluding ortho intramolecular Hbond substituents is 1. The van der Waals surface area contributed by atoms with E-state index in [9.17, 15) is 5.11 Å². The van der Waals surface area contributed by atoms with E-state index >= 15 is 0 Å². The Morgan fingerprint density at radius 1 is 1.24 bits per heavy atom. The molecule has 0 unspecified atom stereocenters. The maximum Gasteiger partial charge on any atom is 0.125 e. The summed E-state index contributed by atoms with van der Waals surface area (Å²) in [5, 5.41) is 22.2. The topological polar surface area (TPSA) is 84.3 Å². The van der Waals surface area contributed by atoms with E-state index in [2.05, 4.69) is 5.10 Å². The second-order valence-electron chi connectivity index (χ2n) is 3.85. The molecule has 0 aliphatic rings. The quantitative estimate of drug-likeness (QED) is 0.727. The summed E-state index contributed by atoms with van der Waals surface area (Å²) >= 11 is 0. The SMILES string of the molecule is Nc1c(CCO)cnn1Cc1ccc(O)cc1. The molecule has 1 aromatic carbocycles. The zero-order valence-electron chi connectivity index (χ0n) is 9.37. The number of rotatable bonds is 4. The molecule has 1 aromatic heterocycles. The average Bonchev–Trinajstić information content (AvgIpc) is 2.65. The van der Waals surface area contributed by atoms with Crippen LogP contribution in [0.4, 0.5) is 5.82 Å². The molecule has 2 rings (SSSR count). The van der Waals surface area contributed by atoms with Crippen molar-refractivity contribution in [2.75, 3.05) is 12.3 Å². The lowest BCUT2D eigenvalue weighted by Gasteiger charge is -2.05. The maximum atomic E-state index is 9.18. The first-order valence-corrected chi connectivity index (χ1v) is 5.39. The fourth-order valence-electron chi connectivity index (χ4n) is 1.65. The van der Waals surface area contributed by atoms with Gasteiger partial charge in [-0.1, -0.05) is 12.1 Å². The predicted octanol–water partition coefficient (Wildman–Crippen LogP) is 0.754. The maximum absolute atomic E-state index is 9.18. The lowest BCUT2D eigenvalue weighted by atomic mass is 10.2. The number of nitrogens with zero attached hydrogens (tertiary/aromatic N) is 2. The molecule has 2 aromatic rings. The number of phenols is 1. The number of aliphatic hydroxyl groups is 1. The van der Waals surface area contributed by atoms with Crippen LogP contribution in [0.3, 0.4) is 0 Å². The average molecular weight is 233 g/mol. The Kier molecular flexibility index (Phi) is 3.30. The minimum Gasteiger partial charge on any atom is -0.508 e. The molecule has 0 fully saturated rings. The minimum absolute atomic E-state index is 0.0646. The summed E-state index contributed by atoms with van der Waals surface area (Å²) in [4.78, 5) is 0. The molecule has 0 spiro atoms. The van der Waals surface area contributed by atoms with Gasteiger partial charge in [0.05, 0.1) is 12.7 Å². The van der Waals surface area contributed by atoms with Gasteiger partial charge < -0.3 is 15.9 Å². The molecule has 0 radical (unpaired) electrons. The van der Waals surface area contributed by atoms with E-state index in [1.54, 1.807) is 23.0 Å². The van der Waals surface area contributed by atoms with Gasteiger partial charge in [0.25, 0.3) is 0 Å². The Hall–Kier alpha value is -2.01. The van der Waals surface area contributed by atoms with Gasteiger partial charge in [0, 0.05) is 18.6 Å². The molecular weight excluding hydrogens is 218 g/mol. The monoisotopic (exact) mass is 233 g/mol. The van der Waals surface area contributed by atoms with Crippen LogP contribution >= 0.6 is 0 Å². The second-order valence-corrected chi connectivity index (χ2v) is 3.85. The number of nitrogen functional groups attached to an aromatic ring is 1. The van der Waals surface area contributed by atoms with Crippen LogP contribution in [-0.4, -0.2) is 26.6 Å². The van der Waals surface area contributed by atoms with Gasteiger partial charge in [-0.2, -0.15) is 5.10 Å². The third-order valence-corrected chi connectivity index (χ3v) is 2.61. The summed E-state index contributed by atoms with van der Waals surface area (Å²) < 4.78 is 1.68. The Morgan fingerprint density at radius 2 is 1.94 bits per heavy atom. The lowest BCUT2D eigenvalue weighted by Crippen LogP contribution is -2.07. The summed E-state index contributed by atoms with van der Waals surface area (Å²) in [6.45, 7) is 0.618. The molecule has 0 aliphatic heterocycles. The van der Waals surface area contributed by atoms with Crippen LogP contribution in [0.1, 0.15) is 11.1 Å². The molecule has 4 N–H and O–H groups in total. The second kappa shape index (κ2) is 4.88. The zero-order chi connectivity index (χ0) is 12.3. The number of aromatic hydroxyl groups is 1. The fraction of sp³-hybridized carbons (Fsp3) is 0.250. The summed E-state index contributed by atoms with van der Waals surface area (Å²) in [7, 11) is 0. The van der Waals surface area contributed by atoms with Crippen LogP contribution in [0.2, 0.25) is 0 Å². The third kappa shape index (κ3) is 2.57. The summed E-state index contributed by atoms with van der Waals surface area (Å²) in [6.07, 6.45) is 2.19. The Bertz CT molecular complexity index is 491. The number of nitrogens with two attached hydrogens (primary N) is 1. The van der Waals surface area contributed by atoms with E-state index in [1.165, 1.54) is 0 Å². The lowest BCUT2D eigenvalue weighted by molar-refractivity contribution is 0.300. The molecule has 90 valence electrons. The van der Waals surface area contributed by atoms with Gasteiger partial charge in [-0.3, -0.25) is 0 Å². The Balaban J connectivity index is 2.16. The molecule has 0 saturated carbocycles. The number of hydrogen-bond donors (Lipinski definition) is 3. The third-order valence-electron chi connectivity index (χ3n) is 2.61. The van der Waals surface area contributed by atoms with Crippen molar-refractivity contribution in [3.63, 3.8) is 0 Å². The number of anilines is 1. The van der Waals surface area contributed by atoms with Gasteiger partial charge in [0.15, 0.2) is 0 Å². The molecule has 0 bridgehead atoms. The van der Waals surface area contributed by atoms with Crippen molar-refractivity contribution in [1.82, 2.24) is 9.78 Å². The highest BCUT2D eigenvalue weighted by Gasteiger charge is 2.07. The zero-order valence-corrected chi connectivity index (χ0v) is 9.37. The van der Waals surface area contributed by atoms with Gasteiger partial charge in [0.1, 0.15) is 11.6 Å². The number of aromatic nitrogens is 2. The first-order valence-electron chi connectivity index (χ1n) is 5.39. The van der Waals surface area contributed by atoms with Crippen LogP contribution in [0.25, 0.3) is 0 Å². The van der Waals surface area contributed by atoms with E-state index in [0.29, 0.717) is 18.8 Å². The Morgan fingerprint density at radius 3 is 2.59 bits per heavy atom. The predicted molar refractivity (Wildman–Crippen MR) is 64.6 cm³/mol. The fourth-order valence-corrected chi connectivity index (χ4v) is 1.65. The van der Waals surface area contributed by atoms with Gasteiger partial charge >= 0.3 is 0 Å². The molecule has 5 nitrogen and oxygen atoms in total. The van der Waals surface area contributed by atoms with Crippen LogP contribution < -0.4 is 5.73 Å². The molecule has 0 atom stereocenters. The summed E-state index contributed by atoms with van der Waals surface area (Å²) in [5.74, 6) is 0.815. The number of hydrogen-bond acceptors (Lipinski definition) is 4. The molecule has 0 amide bonds. The molecular formula is C12H15N3O2. The van der Waals surface area contributed by atoms with Crippen LogP contribution in [0.15, 0.2) is 30.5 Å². The standard InChI is InChI=1S/C12H15N3O2/c13-12-10(5-6-16)7-14-15(12)8-9-1-3-11(17)4-2-9/h1-4,7,16-17H,5-6,8,13H2. The highest BCUT2D eigenvalue weighted by molar-refractivity contribution is 5.39. The summed E-state index contributed by atoms with van der Waals surface area (Å²) in [6, 6.07) is 6.90. The van der Waals surface area contributed by atoms with Crippen molar-refractivity contribution in [1.29, 1.82) is 0 Å². The van der Waals surface area contributed by atoms with Crippen molar-refractivity contribution in [3.05, 3.63) is 41.6 Å². The number of aliphatic hydroxyl groups excluding tert-OH is 1. The van der Waals surface area contributed by atoms with Crippen LogP contribution in [0, 0.1) is 0 Å². The van der Waals surface area contributed by atoms with Crippen molar-refractivity contribution >= 4 is 5.82 Å². The Labute approximate surface area is 99.1 Å². The minimum atomic E-state index is 0.0646. The highest BCUT2D eigenvalue weighted by Crippen LogP contribution is 2.15. The van der Waals surface area contributed by atoms with Crippen LogP contribution in [-0.2, 0) is 13.0 Å². The van der Waals surface area contributed by atoms with E-state index in [-0.39, 0.29) is 12.4 Å². The molecule has 0 aliphatic carbocycles. The van der Waals surface area contributed by atoms with E-state index in [1.807, 2.05) is 12.1 Å².